The van der Waals surface area contributed by atoms with Crippen LogP contribution >= 0.6 is 0 Å². The van der Waals surface area contributed by atoms with Crippen LogP contribution in [0.5, 0.6) is 0 Å². The molecule has 0 fully saturated rings. The van der Waals surface area contributed by atoms with E-state index in [0.717, 1.165) is 12.0 Å². The Balaban J connectivity index is 2.89. The molecule has 3 atom stereocenters. The van der Waals surface area contributed by atoms with Gasteiger partial charge in [-0.15, -0.1) is 0 Å². The summed E-state index contributed by atoms with van der Waals surface area (Å²) in [5.41, 5.74) is 9.51. The Morgan fingerprint density at radius 2 is 2.50 bits per heavy atom. The third-order valence-electron chi connectivity index (χ3n) is 2.68. The number of azide groups is 1. The minimum absolute atomic E-state index is 0.240. The first-order valence-corrected chi connectivity index (χ1v) is 5.27. The van der Waals surface area contributed by atoms with Crippen LogP contribution in [0.1, 0.15) is 26.7 Å². The molecule has 1 aliphatic rings. The van der Waals surface area contributed by atoms with E-state index in [0.29, 0.717) is 6.42 Å². The molecule has 0 aromatic rings. The number of nitrogens with zero attached hydrogens (tertiary/aromatic N) is 3. The number of aliphatic hydroxyl groups is 1. The zero-order valence-electron chi connectivity index (χ0n) is 9.42. The first-order chi connectivity index (χ1) is 7.58. The molecule has 0 aliphatic heterocycles. The summed E-state index contributed by atoms with van der Waals surface area (Å²) < 4.78 is 0. The van der Waals surface area contributed by atoms with E-state index >= 15 is 0 Å². The van der Waals surface area contributed by atoms with Gasteiger partial charge >= 0.3 is 0 Å². The highest BCUT2D eigenvalue weighted by Gasteiger charge is 2.31. The Hall–Kier alpha value is -1.52. The second kappa shape index (κ2) is 5.53. The largest absolute Gasteiger partial charge is 0.387 e. The van der Waals surface area contributed by atoms with Crippen LogP contribution in [0.25, 0.3) is 10.4 Å². The molecule has 6 nitrogen and oxygen atoms in total. The SMILES string of the molecule is CCC1=C[C@H](O)[C@H](NC(C)=O)[C@@H](N=[N+]=[N-])C1. The number of hydrogen-bond donors (Lipinski definition) is 2. The van der Waals surface area contributed by atoms with Crippen LogP contribution in [0.4, 0.5) is 0 Å². The van der Waals surface area contributed by atoms with E-state index in [1.807, 2.05) is 6.92 Å². The van der Waals surface area contributed by atoms with Crippen LogP contribution in [0.2, 0.25) is 0 Å². The van der Waals surface area contributed by atoms with E-state index in [9.17, 15) is 9.90 Å². The van der Waals surface area contributed by atoms with E-state index in [1.165, 1.54) is 6.92 Å². The van der Waals surface area contributed by atoms with E-state index in [-0.39, 0.29) is 5.91 Å². The quantitative estimate of drug-likeness (QED) is 0.326. The van der Waals surface area contributed by atoms with Gasteiger partial charge < -0.3 is 10.4 Å². The Bertz CT molecular complexity index is 347. The first kappa shape index (κ1) is 12.5. The smallest absolute Gasteiger partial charge is 0.217 e. The van der Waals surface area contributed by atoms with Crippen LogP contribution in [0.3, 0.4) is 0 Å². The minimum atomic E-state index is -0.789. The molecule has 1 amide bonds. The van der Waals surface area contributed by atoms with Crippen molar-refractivity contribution in [2.75, 3.05) is 0 Å². The number of amides is 1. The Labute approximate surface area is 94.0 Å². The van der Waals surface area contributed by atoms with Gasteiger partial charge in [-0.3, -0.25) is 4.79 Å². The lowest BCUT2D eigenvalue weighted by atomic mass is 9.87. The average Bonchev–Trinajstić information content (AvgIpc) is 2.22. The summed E-state index contributed by atoms with van der Waals surface area (Å²) in [5, 5.41) is 16.1. The number of hydrogen-bond acceptors (Lipinski definition) is 3. The normalized spacial score (nSPS) is 28.9. The molecule has 0 unspecified atom stereocenters. The van der Waals surface area contributed by atoms with E-state index in [1.54, 1.807) is 6.08 Å². The summed E-state index contributed by atoms with van der Waals surface area (Å²) >= 11 is 0. The lowest BCUT2D eigenvalue weighted by Gasteiger charge is -2.32. The first-order valence-electron chi connectivity index (χ1n) is 5.27. The monoisotopic (exact) mass is 224 g/mol. The van der Waals surface area contributed by atoms with Crippen LogP contribution in [-0.4, -0.2) is 29.2 Å². The molecule has 0 spiro atoms. The predicted molar refractivity (Wildman–Crippen MR) is 59.5 cm³/mol. The molecule has 2 N–H and O–H groups in total. The summed E-state index contributed by atoms with van der Waals surface area (Å²) in [7, 11) is 0. The number of carbonyl (C=O) groups is 1. The van der Waals surface area contributed by atoms with Crippen LogP contribution in [0.15, 0.2) is 16.8 Å². The number of rotatable bonds is 3. The van der Waals surface area contributed by atoms with Gasteiger partial charge in [-0.2, -0.15) is 0 Å². The van der Waals surface area contributed by atoms with Crippen molar-refractivity contribution in [3.63, 3.8) is 0 Å². The third-order valence-corrected chi connectivity index (χ3v) is 2.68. The van der Waals surface area contributed by atoms with E-state index in [4.69, 9.17) is 5.53 Å². The van der Waals surface area contributed by atoms with Crippen molar-refractivity contribution in [1.82, 2.24) is 5.32 Å². The Morgan fingerprint density at radius 1 is 1.81 bits per heavy atom. The van der Waals surface area contributed by atoms with Crippen molar-refractivity contribution in [2.24, 2.45) is 5.11 Å². The minimum Gasteiger partial charge on any atom is -0.387 e. The zero-order valence-corrected chi connectivity index (χ0v) is 9.42. The maximum absolute atomic E-state index is 11.0. The molecule has 0 saturated heterocycles. The van der Waals surface area contributed by atoms with Gasteiger partial charge in [0.25, 0.3) is 0 Å². The summed E-state index contributed by atoms with van der Waals surface area (Å²) in [6.07, 6.45) is 2.33. The highest BCUT2D eigenvalue weighted by molar-refractivity contribution is 5.73. The van der Waals surface area contributed by atoms with E-state index in [2.05, 4.69) is 15.3 Å². The maximum Gasteiger partial charge on any atom is 0.217 e. The van der Waals surface area contributed by atoms with Crippen LogP contribution in [-0.2, 0) is 4.79 Å². The van der Waals surface area contributed by atoms with Crippen molar-refractivity contribution in [1.29, 1.82) is 0 Å². The standard InChI is InChI=1S/C10H16N4O2/c1-3-7-4-8(13-14-11)10(9(16)5-7)12-6(2)15/h5,8-10,16H,3-4H2,1-2H3,(H,12,15)/t8-,9-,10+/m0/s1. The zero-order chi connectivity index (χ0) is 12.1. The van der Waals surface area contributed by atoms with Gasteiger partial charge in [-0.1, -0.05) is 23.7 Å². The van der Waals surface area contributed by atoms with E-state index < -0.39 is 18.2 Å². The third kappa shape index (κ3) is 2.98. The molecule has 1 aliphatic carbocycles. The fourth-order valence-corrected chi connectivity index (χ4v) is 1.89. The molecule has 0 saturated carbocycles. The lowest BCUT2D eigenvalue weighted by Crippen LogP contribution is -2.50. The van der Waals surface area contributed by atoms with Crippen molar-refractivity contribution >= 4 is 5.91 Å². The molecular formula is C10H16N4O2. The van der Waals surface area contributed by atoms with Gasteiger partial charge in [0.1, 0.15) is 0 Å². The molecule has 1 rings (SSSR count). The second-order valence-corrected chi connectivity index (χ2v) is 3.87. The lowest BCUT2D eigenvalue weighted by molar-refractivity contribution is -0.120. The fourth-order valence-electron chi connectivity index (χ4n) is 1.89. The molecule has 0 bridgehead atoms. The molecule has 16 heavy (non-hydrogen) atoms. The van der Waals surface area contributed by atoms with Gasteiger partial charge in [0, 0.05) is 11.8 Å². The van der Waals surface area contributed by atoms with Gasteiger partial charge in [-0.25, -0.2) is 0 Å². The number of aliphatic hydroxyl groups excluding tert-OH is 1. The van der Waals surface area contributed by atoms with Crippen molar-refractivity contribution in [3.8, 4) is 0 Å². The maximum atomic E-state index is 11.0. The Kier molecular flexibility index (Phi) is 4.34. The topological polar surface area (TPSA) is 98.1 Å². The summed E-state index contributed by atoms with van der Waals surface area (Å²) in [5.74, 6) is -0.240. The summed E-state index contributed by atoms with van der Waals surface area (Å²) in [6.45, 7) is 3.35. The van der Waals surface area contributed by atoms with Gasteiger partial charge in [0.2, 0.25) is 5.91 Å². The molecule has 0 heterocycles. The van der Waals surface area contributed by atoms with Crippen molar-refractivity contribution in [2.45, 2.75) is 44.9 Å². The van der Waals surface area contributed by atoms with Gasteiger partial charge in [0.05, 0.1) is 18.2 Å². The van der Waals surface area contributed by atoms with Gasteiger partial charge in [0.15, 0.2) is 0 Å². The average molecular weight is 224 g/mol. The highest BCUT2D eigenvalue weighted by Crippen LogP contribution is 2.24. The predicted octanol–water partition coefficient (Wildman–Crippen LogP) is 1.27. The fraction of sp³-hybridized carbons (Fsp3) is 0.700. The molecule has 6 heteroatoms. The Morgan fingerprint density at radius 3 is 3.00 bits per heavy atom. The molecule has 0 aromatic carbocycles. The van der Waals surface area contributed by atoms with Crippen molar-refractivity contribution in [3.05, 3.63) is 22.1 Å². The molecule has 88 valence electrons. The van der Waals surface area contributed by atoms with Crippen molar-refractivity contribution < 1.29 is 9.90 Å². The van der Waals surface area contributed by atoms with Crippen LogP contribution < -0.4 is 5.32 Å². The highest BCUT2D eigenvalue weighted by atomic mass is 16.3. The number of carbonyl (C=O) groups excluding carboxylic acids is 1. The summed E-state index contributed by atoms with van der Waals surface area (Å²) in [4.78, 5) is 13.7. The van der Waals surface area contributed by atoms with Gasteiger partial charge in [-0.05, 0) is 18.4 Å². The second-order valence-electron chi connectivity index (χ2n) is 3.87. The molecular weight excluding hydrogens is 208 g/mol. The molecule has 0 aromatic heterocycles. The number of nitrogens with one attached hydrogen (secondary N) is 1. The molecule has 0 radical (unpaired) electrons. The van der Waals surface area contributed by atoms with Crippen LogP contribution in [0, 0.1) is 0 Å². The summed E-state index contributed by atoms with van der Waals surface area (Å²) in [6, 6.07) is -0.937.